The predicted molar refractivity (Wildman–Crippen MR) is 116 cm³/mol. The molecule has 0 radical (unpaired) electrons. The number of halogens is 1. The van der Waals surface area contributed by atoms with Crippen molar-refractivity contribution in [1.29, 1.82) is 0 Å². The third kappa shape index (κ3) is 4.17. The maximum absolute atomic E-state index is 12.9. The minimum absolute atomic E-state index is 0.0404. The van der Waals surface area contributed by atoms with Gasteiger partial charge in [0.15, 0.2) is 0 Å². The minimum atomic E-state index is -0.108. The van der Waals surface area contributed by atoms with Crippen LogP contribution in [0.25, 0.3) is 0 Å². The molecule has 0 fully saturated rings. The number of benzene rings is 3. The number of nitrogens with one attached hydrogen (secondary N) is 1. The fraction of sp³-hybridized carbons (Fsp3) is 0.167. The van der Waals surface area contributed by atoms with Crippen LogP contribution in [0, 0.1) is 6.92 Å². The molecule has 0 saturated carbocycles. The van der Waals surface area contributed by atoms with E-state index in [2.05, 4.69) is 5.32 Å². The molecule has 0 bridgehead atoms. The number of carbonyl (C=O) groups excluding carboxylic acids is 2. The fourth-order valence-corrected chi connectivity index (χ4v) is 3.69. The van der Waals surface area contributed by atoms with Gasteiger partial charge in [-0.25, -0.2) is 0 Å². The highest BCUT2D eigenvalue weighted by molar-refractivity contribution is 6.30. The SMILES string of the molecule is Cc1cccc(C(=O)NCc2ccc3c(c2)N(C(=O)c2ccc(Cl)cc2)CC3)c1. The summed E-state index contributed by atoms with van der Waals surface area (Å²) in [6.07, 6.45) is 0.824. The standard InChI is InChI=1S/C24H21ClN2O2/c1-16-3-2-4-20(13-16)23(28)26-15-17-5-6-18-11-12-27(22(18)14-17)24(29)19-7-9-21(25)10-8-19/h2-10,13-14H,11-12,15H2,1H3,(H,26,28). The van der Waals surface area contributed by atoms with Gasteiger partial charge in [0.1, 0.15) is 0 Å². The highest BCUT2D eigenvalue weighted by Crippen LogP contribution is 2.30. The summed E-state index contributed by atoms with van der Waals surface area (Å²) in [6.45, 7) is 3.02. The number of fused-ring (bicyclic) bond motifs is 1. The summed E-state index contributed by atoms with van der Waals surface area (Å²) in [4.78, 5) is 27.1. The molecule has 0 saturated heterocycles. The van der Waals surface area contributed by atoms with E-state index < -0.39 is 0 Å². The van der Waals surface area contributed by atoms with E-state index in [1.54, 1.807) is 35.2 Å². The molecule has 0 spiro atoms. The number of nitrogens with zero attached hydrogens (tertiary/aromatic N) is 1. The quantitative estimate of drug-likeness (QED) is 0.680. The van der Waals surface area contributed by atoms with Crippen molar-refractivity contribution >= 4 is 29.1 Å². The largest absolute Gasteiger partial charge is 0.348 e. The van der Waals surface area contributed by atoms with Crippen molar-refractivity contribution in [3.05, 3.63) is 99.6 Å². The molecule has 3 aromatic rings. The molecule has 1 heterocycles. The minimum Gasteiger partial charge on any atom is -0.348 e. The topological polar surface area (TPSA) is 49.4 Å². The summed E-state index contributed by atoms with van der Waals surface area (Å²) in [7, 11) is 0. The number of aryl methyl sites for hydroxylation is 1. The number of rotatable bonds is 4. The molecule has 1 aliphatic rings. The molecule has 0 aliphatic carbocycles. The number of hydrogen-bond donors (Lipinski definition) is 1. The zero-order valence-corrected chi connectivity index (χ0v) is 16.9. The van der Waals surface area contributed by atoms with Crippen LogP contribution in [0.2, 0.25) is 5.02 Å². The Morgan fingerprint density at radius 3 is 2.55 bits per heavy atom. The van der Waals surface area contributed by atoms with Crippen LogP contribution in [0.5, 0.6) is 0 Å². The first-order valence-electron chi connectivity index (χ1n) is 9.55. The Labute approximate surface area is 175 Å². The molecule has 3 aromatic carbocycles. The summed E-state index contributed by atoms with van der Waals surface area (Å²) in [6, 6.07) is 20.5. The maximum atomic E-state index is 12.9. The summed E-state index contributed by atoms with van der Waals surface area (Å²) >= 11 is 5.93. The van der Waals surface area contributed by atoms with Crippen molar-refractivity contribution in [2.75, 3.05) is 11.4 Å². The Morgan fingerprint density at radius 1 is 1.00 bits per heavy atom. The van der Waals surface area contributed by atoms with Gasteiger partial charge in [-0.3, -0.25) is 9.59 Å². The van der Waals surface area contributed by atoms with E-state index in [0.29, 0.717) is 29.2 Å². The number of amides is 2. The van der Waals surface area contributed by atoms with Gasteiger partial charge in [0.05, 0.1) is 0 Å². The second-order valence-corrected chi connectivity index (χ2v) is 7.67. The Balaban J connectivity index is 1.49. The number of hydrogen-bond acceptors (Lipinski definition) is 2. The summed E-state index contributed by atoms with van der Waals surface area (Å²) in [5.74, 6) is -0.148. The Hall–Kier alpha value is -3.11. The zero-order chi connectivity index (χ0) is 20.4. The molecule has 146 valence electrons. The number of carbonyl (C=O) groups is 2. The molecule has 29 heavy (non-hydrogen) atoms. The molecule has 5 heteroatoms. The smallest absolute Gasteiger partial charge is 0.258 e. The van der Waals surface area contributed by atoms with Gasteiger partial charge in [-0.2, -0.15) is 0 Å². The van der Waals surface area contributed by atoms with Crippen molar-refractivity contribution < 1.29 is 9.59 Å². The van der Waals surface area contributed by atoms with Gasteiger partial charge in [0, 0.05) is 34.9 Å². The van der Waals surface area contributed by atoms with Crippen LogP contribution in [0.3, 0.4) is 0 Å². The highest BCUT2D eigenvalue weighted by Gasteiger charge is 2.25. The molecule has 0 atom stereocenters. The molecule has 2 amide bonds. The van der Waals surface area contributed by atoms with E-state index in [1.807, 2.05) is 43.3 Å². The average Bonchev–Trinajstić information content (AvgIpc) is 3.15. The van der Waals surface area contributed by atoms with Crippen LogP contribution in [-0.2, 0) is 13.0 Å². The maximum Gasteiger partial charge on any atom is 0.258 e. The predicted octanol–water partition coefficient (Wildman–Crippen LogP) is 4.78. The van der Waals surface area contributed by atoms with Crippen molar-refractivity contribution in [1.82, 2.24) is 5.32 Å². The lowest BCUT2D eigenvalue weighted by Gasteiger charge is -2.18. The Bertz CT molecular complexity index is 1080. The molecule has 1 aliphatic heterocycles. The second-order valence-electron chi connectivity index (χ2n) is 7.23. The van der Waals surface area contributed by atoms with E-state index in [1.165, 1.54) is 0 Å². The van der Waals surface area contributed by atoms with E-state index in [4.69, 9.17) is 11.6 Å². The molecule has 4 nitrogen and oxygen atoms in total. The van der Waals surface area contributed by atoms with E-state index in [9.17, 15) is 9.59 Å². The van der Waals surface area contributed by atoms with Crippen LogP contribution < -0.4 is 10.2 Å². The van der Waals surface area contributed by atoms with Crippen molar-refractivity contribution in [3.8, 4) is 0 Å². The van der Waals surface area contributed by atoms with Gasteiger partial charge in [0.25, 0.3) is 11.8 Å². The van der Waals surface area contributed by atoms with Gasteiger partial charge < -0.3 is 10.2 Å². The lowest BCUT2D eigenvalue weighted by molar-refractivity contribution is 0.0949. The first-order chi connectivity index (χ1) is 14.0. The van der Waals surface area contributed by atoms with Crippen molar-refractivity contribution in [2.24, 2.45) is 0 Å². The van der Waals surface area contributed by atoms with E-state index in [0.717, 1.165) is 28.8 Å². The molecule has 1 N–H and O–H groups in total. The van der Waals surface area contributed by atoms with Gasteiger partial charge in [0.2, 0.25) is 0 Å². The Morgan fingerprint density at radius 2 is 1.79 bits per heavy atom. The van der Waals surface area contributed by atoms with Gasteiger partial charge >= 0.3 is 0 Å². The van der Waals surface area contributed by atoms with Crippen LogP contribution in [0.1, 0.15) is 37.4 Å². The van der Waals surface area contributed by atoms with E-state index in [-0.39, 0.29) is 11.8 Å². The van der Waals surface area contributed by atoms with Gasteiger partial charge in [-0.05, 0) is 66.9 Å². The number of anilines is 1. The normalized spacial score (nSPS) is 12.6. The van der Waals surface area contributed by atoms with Crippen LogP contribution >= 0.6 is 11.6 Å². The van der Waals surface area contributed by atoms with Crippen LogP contribution in [0.4, 0.5) is 5.69 Å². The van der Waals surface area contributed by atoms with Crippen LogP contribution in [-0.4, -0.2) is 18.4 Å². The third-order valence-electron chi connectivity index (χ3n) is 5.11. The van der Waals surface area contributed by atoms with Crippen molar-refractivity contribution in [3.63, 3.8) is 0 Å². The third-order valence-corrected chi connectivity index (χ3v) is 5.37. The summed E-state index contributed by atoms with van der Waals surface area (Å²) in [5, 5.41) is 3.57. The summed E-state index contributed by atoms with van der Waals surface area (Å²) in [5.41, 5.74) is 5.31. The Kier molecular flexibility index (Phi) is 5.36. The lowest BCUT2D eigenvalue weighted by Crippen LogP contribution is -2.29. The fourth-order valence-electron chi connectivity index (χ4n) is 3.56. The summed E-state index contributed by atoms with van der Waals surface area (Å²) < 4.78 is 0. The molecule has 0 unspecified atom stereocenters. The monoisotopic (exact) mass is 404 g/mol. The zero-order valence-electron chi connectivity index (χ0n) is 16.1. The molecule has 4 rings (SSSR count). The molecule has 0 aromatic heterocycles. The highest BCUT2D eigenvalue weighted by atomic mass is 35.5. The van der Waals surface area contributed by atoms with Gasteiger partial charge in [-0.1, -0.05) is 41.4 Å². The van der Waals surface area contributed by atoms with Gasteiger partial charge in [-0.15, -0.1) is 0 Å². The lowest BCUT2D eigenvalue weighted by atomic mass is 10.1. The first-order valence-corrected chi connectivity index (χ1v) is 9.93. The second kappa shape index (κ2) is 8.10. The molecular weight excluding hydrogens is 384 g/mol. The van der Waals surface area contributed by atoms with E-state index >= 15 is 0 Å². The van der Waals surface area contributed by atoms with Crippen LogP contribution in [0.15, 0.2) is 66.7 Å². The first kappa shape index (κ1) is 19.2. The molecular formula is C24H21ClN2O2. The van der Waals surface area contributed by atoms with Crippen molar-refractivity contribution in [2.45, 2.75) is 19.9 Å². The average molecular weight is 405 g/mol.